The van der Waals surface area contributed by atoms with Crippen molar-refractivity contribution >= 4 is 5.78 Å². The van der Waals surface area contributed by atoms with Crippen LogP contribution in [0.2, 0.25) is 0 Å². The standard InChI is InChI=1S/C22H36O4/c1-14(23)18-10-12-22(26)15(7-8-19(25)21(18,22)4)5-6-16-13-17(24)9-11-20(16,2)3/h6,15,17-19,24-26H,5,7-13H2,1-4H3/b16-6-/t15?,17-,18?,19+,21-,22?/m0/s1. The molecule has 4 heteroatoms. The second kappa shape index (κ2) is 6.72. The lowest BCUT2D eigenvalue weighted by molar-refractivity contribution is -0.191. The first-order chi connectivity index (χ1) is 12.0. The Hall–Kier alpha value is -0.710. The summed E-state index contributed by atoms with van der Waals surface area (Å²) in [4.78, 5) is 12.2. The van der Waals surface area contributed by atoms with Crippen molar-refractivity contribution in [2.45, 2.75) is 96.9 Å². The second-order valence-electron chi connectivity index (χ2n) is 9.94. The highest BCUT2D eigenvalue weighted by molar-refractivity contribution is 5.80. The first-order valence-electron chi connectivity index (χ1n) is 10.3. The van der Waals surface area contributed by atoms with E-state index in [1.165, 1.54) is 5.57 Å². The van der Waals surface area contributed by atoms with Crippen molar-refractivity contribution in [3.8, 4) is 0 Å². The Morgan fingerprint density at radius 3 is 2.46 bits per heavy atom. The topological polar surface area (TPSA) is 77.8 Å². The van der Waals surface area contributed by atoms with Crippen LogP contribution in [0.3, 0.4) is 0 Å². The summed E-state index contributed by atoms with van der Waals surface area (Å²) in [6.45, 7) is 7.97. The van der Waals surface area contributed by atoms with Crippen LogP contribution in [-0.4, -0.2) is 38.9 Å². The number of hydrogen-bond acceptors (Lipinski definition) is 4. The number of rotatable bonds is 3. The summed E-state index contributed by atoms with van der Waals surface area (Å²) >= 11 is 0. The van der Waals surface area contributed by atoms with E-state index in [2.05, 4.69) is 19.9 Å². The van der Waals surface area contributed by atoms with Gasteiger partial charge in [0, 0.05) is 11.3 Å². The summed E-state index contributed by atoms with van der Waals surface area (Å²) in [5.41, 5.74) is -0.359. The van der Waals surface area contributed by atoms with E-state index in [1.807, 2.05) is 6.92 Å². The molecule has 3 saturated carbocycles. The summed E-state index contributed by atoms with van der Waals surface area (Å²) < 4.78 is 0. The van der Waals surface area contributed by atoms with Gasteiger partial charge in [0.25, 0.3) is 0 Å². The largest absolute Gasteiger partial charge is 0.393 e. The molecule has 3 rings (SSSR count). The zero-order valence-corrected chi connectivity index (χ0v) is 16.8. The van der Waals surface area contributed by atoms with Gasteiger partial charge in [0.05, 0.1) is 17.8 Å². The maximum atomic E-state index is 12.2. The summed E-state index contributed by atoms with van der Waals surface area (Å²) in [5.74, 6) is -0.119. The van der Waals surface area contributed by atoms with E-state index < -0.39 is 17.1 Å². The third-order valence-electron chi connectivity index (χ3n) is 8.19. The van der Waals surface area contributed by atoms with E-state index in [4.69, 9.17) is 0 Å². The van der Waals surface area contributed by atoms with E-state index in [0.29, 0.717) is 25.7 Å². The smallest absolute Gasteiger partial charge is 0.133 e. The molecule has 6 atom stereocenters. The summed E-state index contributed by atoms with van der Waals surface area (Å²) in [6, 6.07) is 0. The highest BCUT2D eigenvalue weighted by Gasteiger charge is 2.65. The molecule has 3 fully saturated rings. The lowest BCUT2D eigenvalue weighted by atomic mass is 9.55. The number of carbonyl (C=O) groups is 1. The number of aliphatic hydroxyl groups excluding tert-OH is 2. The second-order valence-corrected chi connectivity index (χ2v) is 9.94. The zero-order valence-electron chi connectivity index (χ0n) is 16.8. The van der Waals surface area contributed by atoms with E-state index in [-0.39, 0.29) is 29.1 Å². The molecule has 26 heavy (non-hydrogen) atoms. The molecule has 148 valence electrons. The van der Waals surface area contributed by atoms with Crippen LogP contribution in [0.1, 0.15) is 79.1 Å². The van der Waals surface area contributed by atoms with Gasteiger partial charge in [0.15, 0.2) is 0 Å². The molecular formula is C22H36O4. The van der Waals surface area contributed by atoms with Crippen LogP contribution < -0.4 is 0 Å². The van der Waals surface area contributed by atoms with E-state index in [1.54, 1.807) is 6.92 Å². The molecule has 0 radical (unpaired) electrons. The van der Waals surface area contributed by atoms with E-state index >= 15 is 0 Å². The van der Waals surface area contributed by atoms with Crippen molar-refractivity contribution in [3.63, 3.8) is 0 Å². The number of allylic oxidation sites excluding steroid dienone is 1. The lowest BCUT2D eigenvalue weighted by Crippen LogP contribution is -2.60. The fourth-order valence-electron chi connectivity index (χ4n) is 6.20. The minimum absolute atomic E-state index is 0.0580. The van der Waals surface area contributed by atoms with Gasteiger partial charge in [-0.2, -0.15) is 0 Å². The average Bonchev–Trinajstić information content (AvgIpc) is 2.84. The number of ketones is 1. The summed E-state index contributed by atoms with van der Waals surface area (Å²) in [7, 11) is 0. The minimum Gasteiger partial charge on any atom is -0.393 e. The third kappa shape index (κ3) is 2.98. The first-order valence-corrected chi connectivity index (χ1v) is 10.3. The molecule has 0 spiro atoms. The van der Waals surface area contributed by atoms with Gasteiger partial charge in [-0.25, -0.2) is 0 Å². The number of Topliss-reactive ketones (excluding diaryl/α,β-unsaturated/α-hetero) is 1. The first kappa shape index (κ1) is 20.0. The molecule has 0 saturated heterocycles. The lowest BCUT2D eigenvalue weighted by Gasteiger charge is -2.53. The Labute approximate surface area is 157 Å². The van der Waals surface area contributed by atoms with E-state index in [9.17, 15) is 20.1 Å². The van der Waals surface area contributed by atoms with Gasteiger partial charge in [0.2, 0.25) is 0 Å². The van der Waals surface area contributed by atoms with E-state index in [0.717, 1.165) is 25.7 Å². The van der Waals surface area contributed by atoms with Crippen LogP contribution in [0.15, 0.2) is 11.6 Å². The van der Waals surface area contributed by atoms with Crippen LogP contribution in [0, 0.1) is 22.7 Å². The average molecular weight is 365 g/mol. The maximum absolute atomic E-state index is 12.2. The zero-order chi connectivity index (χ0) is 19.3. The predicted molar refractivity (Wildman–Crippen MR) is 102 cm³/mol. The maximum Gasteiger partial charge on any atom is 0.133 e. The normalized spacial score (nSPS) is 47.0. The van der Waals surface area contributed by atoms with Gasteiger partial charge in [-0.1, -0.05) is 32.4 Å². The van der Waals surface area contributed by atoms with Gasteiger partial charge < -0.3 is 15.3 Å². The fourth-order valence-corrected chi connectivity index (χ4v) is 6.20. The Morgan fingerprint density at radius 1 is 1.12 bits per heavy atom. The highest BCUT2D eigenvalue weighted by Crippen LogP contribution is 2.61. The monoisotopic (exact) mass is 364 g/mol. The van der Waals surface area contributed by atoms with Gasteiger partial charge in [0.1, 0.15) is 5.78 Å². The molecule has 0 aromatic rings. The van der Waals surface area contributed by atoms with Crippen LogP contribution in [0.5, 0.6) is 0 Å². The van der Waals surface area contributed by atoms with Crippen molar-refractivity contribution in [3.05, 3.63) is 11.6 Å². The van der Waals surface area contributed by atoms with Crippen LogP contribution >= 0.6 is 0 Å². The number of hydrogen-bond donors (Lipinski definition) is 3. The molecule has 0 aromatic carbocycles. The molecule has 4 nitrogen and oxygen atoms in total. The number of fused-ring (bicyclic) bond motifs is 1. The van der Waals surface area contributed by atoms with Crippen molar-refractivity contribution in [2.75, 3.05) is 0 Å². The molecule has 3 aliphatic rings. The van der Waals surface area contributed by atoms with Crippen molar-refractivity contribution in [2.24, 2.45) is 22.7 Å². The van der Waals surface area contributed by atoms with Gasteiger partial charge in [-0.15, -0.1) is 0 Å². The molecule has 3 unspecified atom stereocenters. The highest BCUT2D eigenvalue weighted by atomic mass is 16.3. The van der Waals surface area contributed by atoms with Gasteiger partial charge >= 0.3 is 0 Å². The van der Waals surface area contributed by atoms with Crippen molar-refractivity contribution in [1.82, 2.24) is 0 Å². The Kier molecular flexibility index (Phi) is 5.18. The fraction of sp³-hybridized carbons (Fsp3) is 0.864. The third-order valence-corrected chi connectivity index (χ3v) is 8.19. The summed E-state index contributed by atoms with van der Waals surface area (Å²) in [6.07, 6.45) is 7.34. The Balaban J connectivity index is 1.85. The van der Waals surface area contributed by atoms with Gasteiger partial charge in [-0.05, 0) is 69.6 Å². The number of carbonyl (C=O) groups excluding carboxylic acids is 1. The van der Waals surface area contributed by atoms with Crippen LogP contribution in [-0.2, 0) is 4.79 Å². The quantitative estimate of drug-likeness (QED) is 0.671. The van der Waals surface area contributed by atoms with Crippen LogP contribution in [0.4, 0.5) is 0 Å². The molecule has 0 aromatic heterocycles. The molecule has 0 amide bonds. The molecule has 0 aliphatic heterocycles. The molecule has 3 N–H and O–H groups in total. The molecule has 0 heterocycles. The molecule has 0 bridgehead atoms. The molecular weight excluding hydrogens is 328 g/mol. The Bertz CT molecular complexity index is 595. The molecule has 3 aliphatic carbocycles. The van der Waals surface area contributed by atoms with Gasteiger partial charge in [-0.3, -0.25) is 4.79 Å². The number of aliphatic hydroxyl groups is 3. The predicted octanol–water partition coefficient (Wildman–Crippen LogP) is 3.38. The van der Waals surface area contributed by atoms with Crippen LogP contribution in [0.25, 0.3) is 0 Å². The SMILES string of the molecule is CC(=O)C1CCC2(O)C(C/C=C3/C[C@@H](O)CCC3(C)C)CC[C@@H](O)[C@]12C. The Morgan fingerprint density at radius 2 is 1.81 bits per heavy atom. The van der Waals surface area contributed by atoms with Crippen molar-refractivity contribution in [1.29, 1.82) is 0 Å². The minimum atomic E-state index is -0.991. The van der Waals surface area contributed by atoms with Crippen molar-refractivity contribution < 1.29 is 20.1 Å². The summed E-state index contributed by atoms with van der Waals surface area (Å²) in [5, 5.41) is 32.4.